The van der Waals surface area contributed by atoms with Crippen molar-refractivity contribution in [2.45, 2.75) is 50.9 Å². The summed E-state index contributed by atoms with van der Waals surface area (Å²) >= 11 is 3.14. The molecule has 3 aromatic rings. The van der Waals surface area contributed by atoms with Crippen LogP contribution in [0.3, 0.4) is 0 Å². The minimum absolute atomic E-state index is 0.0138. The molecule has 1 atom stereocenters. The number of anilines is 3. The van der Waals surface area contributed by atoms with Gasteiger partial charge in [-0.3, -0.25) is 15.0 Å². The van der Waals surface area contributed by atoms with Gasteiger partial charge in [0.25, 0.3) is 0 Å². The minimum Gasteiger partial charge on any atom is -0.355 e. The number of carbonyl (C=O) groups is 1. The lowest BCUT2D eigenvalue weighted by molar-refractivity contribution is -0.113. The van der Waals surface area contributed by atoms with E-state index in [2.05, 4.69) is 72.9 Å². The first-order chi connectivity index (χ1) is 18.0. The molecule has 2 aromatic heterocycles. The first-order valence-electron chi connectivity index (χ1n) is 12.8. The zero-order valence-corrected chi connectivity index (χ0v) is 23.0. The van der Waals surface area contributed by atoms with Crippen molar-refractivity contribution in [1.82, 2.24) is 25.3 Å². The fraction of sp³-hybridized carbons (Fsp3) is 0.500. The highest BCUT2D eigenvalue weighted by Crippen LogP contribution is 2.27. The van der Waals surface area contributed by atoms with Crippen LogP contribution in [0, 0.1) is 13.8 Å². The Labute approximate surface area is 226 Å². The highest BCUT2D eigenvalue weighted by Gasteiger charge is 2.25. The van der Waals surface area contributed by atoms with Crippen molar-refractivity contribution >= 4 is 45.1 Å². The molecule has 2 N–H and O–H groups in total. The van der Waals surface area contributed by atoms with Gasteiger partial charge in [0.2, 0.25) is 16.2 Å². The lowest BCUT2D eigenvalue weighted by atomic mass is 10.1. The van der Waals surface area contributed by atoms with Crippen molar-refractivity contribution in [3.8, 4) is 0 Å². The van der Waals surface area contributed by atoms with Crippen LogP contribution in [0.4, 0.5) is 16.1 Å². The van der Waals surface area contributed by atoms with E-state index < -0.39 is 0 Å². The van der Waals surface area contributed by atoms with Gasteiger partial charge in [0.15, 0.2) is 5.82 Å². The summed E-state index contributed by atoms with van der Waals surface area (Å²) in [5.41, 5.74) is 4.05. The van der Waals surface area contributed by atoms with Crippen LogP contribution in [0.25, 0.3) is 0 Å². The third-order valence-corrected chi connectivity index (χ3v) is 8.88. The molecule has 2 fully saturated rings. The Morgan fingerprint density at radius 2 is 1.84 bits per heavy atom. The number of nitrogens with zero attached hydrogens (tertiary/aromatic N) is 6. The predicted octanol–water partition coefficient (Wildman–Crippen LogP) is 3.97. The second-order valence-corrected chi connectivity index (χ2v) is 12.2. The first kappa shape index (κ1) is 25.9. The number of hydrogen-bond acceptors (Lipinski definition) is 10. The second-order valence-electron chi connectivity index (χ2n) is 9.90. The highest BCUT2D eigenvalue weighted by molar-refractivity contribution is 8.00. The molecule has 37 heavy (non-hydrogen) atoms. The number of piperidine rings is 1. The lowest BCUT2D eigenvalue weighted by Crippen LogP contribution is -2.34. The molecule has 9 nitrogen and oxygen atoms in total. The maximum atomic E-state index is 12.5. The Kier molecular flexibility index (Phi) is 8.52. The lowest BCUT2D eigenvalue weighted by Gasteiger charge is -2.31. The van der Waals surface area contributed by atoms with E-state index in [-0.39, 0.29) is 11.9 Å². The molecule has 2 aliphatic heterocycles. The molecule has 5 rings (SSSR count). The number of carbonyl (C=O) groups excluding carboxylic acids is 1. The van der Waals surface area contributed by atoms with E-state index in [1.54, 1.807) is 18.0 Å². The van der Waals surface area contributed by atoms with Crippen molar-refractivity contribution in [3.63, 3.8) is 0 Å². The molecule has 196 valence electrons. The summed E-state index contributed by atoms with van der Waals surface area (Å²) < 4.78 is 0. The molecular formula is C26H34N8OS2. The number of aryl methyl sites for hydroxylation is 2. The van der Waals surface area contributed by atoms with Crippen LogP contribution >= 0.6 is 23.1 Å². The maximum Gasteiger partial charge on any atom is 0.236 e. The van der Waals surface area contributed by atoms with Crippen molar-refractivity contribution < 1.29 is 4.79 Å². The van der Waals surface area contributed by atoms with Gasteiger partial charge in [-0.2, -0.15) is 5.10 Å². The quantitative estimate of drug-likeness (QED) is 0.419. The van der Waals surface area contributed by atoms with Crippen LogP contribution in [0.15, 0.2) is 36.5 Å². The van der Waals surface area contributed by atoms with Gasteiger partial charge in [-0.25, -0.2) is 0 Å². The summed E-state index contributed by atoms with van der Waals surface area (Å²) in [5, 5.41) is 24.7. The van der Waals surface area contributed by atoms with Crippen molar-refractivity contribution in [3.05, 3.63) is 53.2 Å². The van der Waals surface area contributed by atoms with Gasteiger partial charge >= 0.3 is 0 Å². The van der Waals surface area contributed by atoms with Crippen molar-refractivity contribution in [1.29, 1.82) is 0 Å². The first-order valence-corrected chi connectivity index (χ1v) is 14.7. The van der Waals surface area contributed by atoms with Gasteiger partial charge in [0, 0.05) is 37.1 Å². The fourth-order valence-electron chi connectivity index (χ4n) is 5.06. The van der Waals surface area contributed by atoms with Crippen LogP contribution in [0.2, 0.25) is 0 Å². The Morgan fingerprint density at radius 3 is 2.59 bits per heavy atom. The topological polar surface area (TPSA) is 99.2 Å². The number of amides is 1. The molecule has 1 aromatic carbocycles. The molecule has 0 bridgehead atoms. The Bertz CT molecular complexity index is 1160. The summed E-state index contributed by atoms with van der Waals surface area (Å²) in [6, 6.07) is 10.9. The summed E-state index contributed by atoms with van der Waals surface area (Å²) in [4.78, 5) is 17.3. The normalized spacial score (nSPS) is 18.8. The number of aromatic nitrogens is 4. The second kappa shape index (κ2) is 12.2. The van der Waals surface area contributed by atoms with Crippen molar-refractivity contribution in [2.24, 2.45) is 0 Å². The average molecular weight is 539 g/mol. The van der Waals surface area contributed by atoms with Gasteiger partial charge in [0.05, 0.1) is 5.75 Å². The maximum absolute atomic E-state index is 12.5. The molecule has 4 heterocycles. The zero-order valence-electron chi connectivity index (χ0n) is 21.4. The summed E-state index contributed by atoms with van der Waals surface area (Å²) in [6.45, 7) is 9.23. The highest BCUT2D eigenvalue weighted by atomic mass is 32.2. The number of nitrogens with one attached hydrogen (secondary N) is 2. The largest absolute Gasteiger partial charge is 0.355 e. The minimum atomic E-state index is -0.0138. The molecule has 0 unspecified atom stereocenters. The molecule has 1 amide bonds. The SMILES string of the molecule is Cc1cc(C)cc(CN2CCC(SCC(=O)Nc3nnc(N[C@@H]4CCN(c5cccnn5)C4)s3)CC2)c1. The van der Waals surface area contributed by atoms with Gasteiger partial charge in [0.1, 0.15) is 0 Å². The molecule has 0 spiro atoms. The fourth-order valence-corrected chi connectivity index (χ4v) is 6.80. The summed E-state index contributed by atoms with van der Waals surface area (Å²) in [6.07, 6.45) is 4.89. The molecule has 2 aliphatic rings. The zero-order chi connectivity index (χ0) is 25.6. The molecule has 11 heteroatoms. The molecular weight excluding hydrogens is 504 g/mol. The Balaban J connectivity index is 1.00. The summed E-state index contributed by atoms with van der Waals surface area (Å²) in [5.74, 6) is 1.32. The molecule has 0 radical (unpaired) electrons. The van der Waals surface area contributed by atoms with E-state index >= 15 is 0 Å². The van der Waals surface area contributed by atoms with Crippen molar-refractivity contribution in [2.75, 3.05) is 47.5 Å². The standard InChI is InChI=1S/C26H34N8OS2/c1-18-12-19(2)14-20(13-18)15-33-9-6-22(7-10-33)36-17-24(35)29-26-32-31-25(37-26)28-21-5-11-34(16-21)23-4-3-8-27-30-23/h3-4,8,12-14,21-22H,5-7,9-11,15-17H2,1-2H3,(H,28,31)(H,29,32,35)/t21-/m1/s1. The Hall–Kier alpha value is -2.76. The molecule has 2 saturated heterocycles. The number of hydrogen-bond donors (Lipinski definition) is 2. The third-order valence-electron chi connectivity index (χ3n) is 6.74. The number of benzene rings is 1. The van der Waals surface area contributed by atoms with Crippen LogP contribution in [-0.2, 0) is 11.3 Å². The van der Waals surface area contributed by atoms with E-state index in [0.29, 0.717) is 16.1 Å². The monoisotopic (exact) mass is 538 g/mol. The molecule has 0 saturated carbocycles. The van der Waals surface area contributed by atoms with Gasteiger partial charge in [-0.1, -0.05) is 40.7 Å². The molecule has 0 aliphatic carbocycles. The number of rotatable bonds is 9. The van der Waals surface area contributed by atoms with E-state index in [1.807, 2.05) is 12.1 Å². The predicted molar refractivity (Wildman–Crippen MR) is 151 cm³/mol. The Morgan fingerprint density at radius 1 is 1.05 bits per heavy atom. The van der Waals surface area contributed by atoms with Crippen LogP contribution in [-0.4, -0.2) is 74.4 Å². The van der Waals surface area contributed by atoms with E-state index in [0.717, 1.165) is 62.9 Å². The smallest absolute Gasteiger partial charge is 0.236 e. The van der Waals surface area contributed by atoms with E-state index in [4.69, 9.17) is 0 Å². The average Bonchev–Trinajstić information content (AvgIpc) is 3.53. The van der Waals surface area contributed by atoms with E-state index in [1.165, 1.54) is 28.0 Å². The van der Waals surface area contributed by atoms with Crippen LogP contribution < -0.4 is 15.5 Å². The van der Waals surface area contributed by atoms with Gasteiger partial charge in [-0.05, 0) is 63.9 Å². The number of likely N-dealkylation sites (tertiary alicyclic amines) is 1. The van der Waals surface area contributed by atoms with Gasteiger partial charge < -0.3 is 10.2 Å². The summed E-state index contributed by atoms with van der Waals surface area (Å²) in [7, 11) is 0. The van der Waals surface area contributed by atoms with Crippen LogP contribution in [0.5, 0.6) is 0 Å². The van der Waals surface area contributed by atoms with Gasteiger partial charge in [-0.15, -0.1) is 27.1 Å². The van der Waals surface area contributed by atoms with Crippen LogP contribution in [0.1, 0.15) is 36.0 Å². The number of thioether (sulfide) groups is 1. The van der Waals surface area contributed by atoms with E-state index in [9.17, 15) is 4.79 Å². The third kappa shape index (κ3) is 7.39.